The number of nitrogens with one attached hydrogen (secondary N) is 1. The Bertz CT molecular complexity index is 1630. The Labute approximate surface area is 259 Å². The largest absolute Gasteiger partial charge is 0.491 e. The van der Waals surface area contributed by atoms with E-state index in [1.165, 1.54) is 0 Å². The van der Waals surface area contributed by atoms with Crippen molar-refractivity contribution in [2.24, 2.45) is 0 Å². The van der Waals surface area contributed by atoms with E-state index < -0.39 is 17.4 Å². The Balaban J connectivity index is 1.27. The van der Waals surface area contributed by atoms with Crippen LogP contribution in [0.3, 0.4) is 0 Å². The van der Waals surface area contributed by atoms with Gasteiger partial charge in [0.05, 0.1) is 36.6 Å². The van der Waals surface area contributed by atoms with E-state index in [0.29, 0.717) is 43.3 Å². The van der Waals surface area contributed by atoms with Crippen LogP contribution in [0.2, 0.25) is 0 Å². The van der Waals surface area contributed by atoms with E-state index in [9.17, 15) is 17.8 Å². The maximum atomic E-state index is 13.3. The maximum absolute atomic E-state index is 13.3. The van der Waals surface area contributed by atoms with Crippen LogP contribution in [0.5, 0.6) is 5.75 Å². The first-order chi connectivity index (χ1) is 21.2. The zero-order chi connectivity index (χ0) is 31.0. The minimum atomic E-state index is -3.58. The van der Waals surface area contributed by atoms with Gasteiger partial charge >= 0.3 is 7.60 Å². The molecule has 0 radical (unpaired) electrons. The number of carbonyl (C=O) groups is 1. The van der Waals surface area contributed by atoms with Gasteiger partial charge in [-0.25, -0.2) is 8.42 Å². The van der Waals surface area contributed by atoms with E-state index >= 15 is 0 Å². The molecule has 11 heteroatoms. The van der Waals surface area contributed by atoms with E-state index in [-0.39, 0.29) is 29.1 Å². The summed E-state index contributed by atoms with van der Waals surface area (Å²) in [7, 11) is -6.73. The first kappa shape index (κ1) is 32.1. The third-order valence-electron chi connectivity index (χ3n) is 7.39. The average Bonchev–Trinajstić information content (AvgIpc) is 3.15. The summed E-state index contributed by atoms with van der Waals surface area (Å²) >= 11 is 0. The normalized spacial score (nSPS) is 17.2. The average molecular weight is 640 g/mol. The van der Waals surface area contributed by atoms with Crippen molar-refractivity contribution in [2.45, 2.75) is 43.7 Å². The highest BCUT2D eigenvalue weighted by Crippen LogP contribution is 2.53. The molecule has 0 aliphatic carbocycles. The highest BCUT2D eigenvalue weighted by Gasteiger charge is 2.28. The number of carbonyl (C=O) groups excluding carboxylic acids is 1. The van der Waals surface area contributed by atoms with Gasteiger partial charge in [-0.1, -0.05) is 43.7 Å². The smallest absolute Gasteiger partial charge is 0.335 e. The summed E-state index contributed by atoms with van der Waals surface area (Å²) in [5.41, 5.74) is 3.87. The highest BCUT2D eigenvalue weighted by atomic mass is 32.2. The minimum Gasteiger partial charge on any atom is -0.491 e. The van der Waals surface area contributed by atoms with E-state index in [2.05, 4.69) is 12.2 Å². The number of benzene rings is 3. The summed E-state index contributed by atoms with van der Waals surface area (Å²) in [6.45, 7) is 4.68. The van der Waals surface area contributed by atoms with Gasteiger partial charge in [0.1, 0.15) is 12.4 Å². The fourth-order valence-electron chi connectivity index (χ4n) is 4.95. The molecular weight excluding hydrogens is 601 g/mol. The summed E-state index contributed by atoms with van der Waals surface area (Å²) in [5.74, 6) is 0.182. The molecule has 234 valence electrons. The van der Waals surface area contributed by atoms with Crippen molar-refractivity contribution in [3.63, 3.8) is 0 Å². The zero-order valence-corrected chi connectivity index (χ0v) is 26.5. The Hall–Kier alpha value is -3.27. The molecule has 1 amide bonds. The van der Waals surface area contributed by atoms with Crippen LogP contribution in [0.15, 0.2) is 77.2 Å². The Morgan fingerprint density at radius 1 is 0.932 bits per heavy atom. The number of unbranched alkanes of at least 4 members (excludes halogenated alkanes) is 1. The molecule has 0 bridgehead atoms. The number of anilines is 1. The number of hydrogen-bond donors (Lipinski definition) is 1. The lowest BCUT2D eigenvalue weighted by Gasteiger charge is -2.22. The molecule has 0 aromatic heterocycles. The maximum Gasteiger partial charge on any atom is 0.335 e. The van der Waals surface area contributed by atoms with Crippen LogP contribution >= 0.6 is 7.60 Å². The minimum absolute atomic E-state index is 0.0856. The molecule has 5 rings (SSSR count). The summed E-state index contributed by atoms with van der Waals surface area (Å²) < 4.78 is 60.9. The molecule has 2 aliphatic rings. The zero-order valence-electron chi connectivity index (χ0n) is 24.8. The second-order valence-electron chi connectivity index (χ2n) is 10.8. The fraction of sp³-hybridized carbons (Fsp3) is 0.364. The first-order valence-electron chi connectivity index (χ1n) is 14.9. The molecule has 3 aromatic rings. The van der Waals surface area contributed by atoms with Crippen LogP contribution < -0.4 is 10.1 Å². The summed E-state index contributed by atoms with van der Waals surface area (Å²) in [6.07, 6.45) is 4.75. The summed E-state index contributed by atoms with van der Waals surface area (Å²) in [4.78, 5) is 13.5. The third-order valence-corrected chi connectivity index (χ3v) is 11.1. The van der Waals surface area contributed by atoms with Gasteiger partial charge in [0, 0.05) is 17.9 Å². The van der Waals surface area contributed by atoms with Gasteiger partial charge in [0.25, 0.3) is 5.91 Å². The molecule has 1 N–H and O–H groups in total. The van der Waals surface area contributed by atoms with Gasteiger partial charge in [0.15, 0.2) is 9.84 Å². The Morgan fingerprint density at radius 2 is 1.66 bits per heavy atom. The highest BCUT2D eigenvalue weighted by molar-refractivity contribution is 7.91. The van der Waals surface area contributed by atoms with E-state index in [1.54, 1.807) is 48.5 Å². The molecule has 0 saturated carbocycles. The van der Waals surface area contributed by atoms with E-state index in [4.69, 9.17) is 18.5 Å². The van der Waals surface area contributed by atoms with Crippen molar-refractivity contribution in [1.29, 1.82) is 0 Å². The van der Waals surface area contributed by atoms with Crippen LogP contribution in [0, 0.1) is 0 Å². The first-order valence-corrected chi connectivity index (χ1v) is 18.3. The molecule has 2 heterocycles. The van der Waals surface area contributed by atoms with Crippen molar-refractivity contribution in [3.8, 4) is 16.9 Å². The molecule has 0 unspecified atom stereocenters. The summed E-state index contributed by atoms with van der Waals surface area (Å²) in [5, 5.41) is 2.86. The van der Waals surface area contributed by atoms with Crippen molar-refractivity contribution >= 4 is 35.1 Å². The predicted molar refractivity (Wildman–Crippen MR) is 171 cm³/mol. The monoisotopic (exact) mass is 639 g/mol. The predicted octanol–water partition coefficient (Wildman–Crippen LogP) is 6.88. The number of fused-ring (bicyclic) bond motifs is 1. The number of ether oxygens (including phenoxy) is 2. The standard InChI is InChI=1S/C33H38NO8PS/c1-2-3-16-39-19-20-40-31-12-7-26(8-13-31)27-9-14-32-29(22-27)23-28(15-21-44(32,37)38)33(35)34-30-10-5-25(6-11-30)24-43(36)41-17-4-18-42-43/h5-14,22-23H,2-4,15-21,24H2,1H3,(H,34,35). The van der Waals surface area contributed by atoms with Gasteiger partial charge in [0.2, 0.25) is 0 Å². The molecule has 9 nitrogen and oxygen atoms in total. The molecular formula is C33H38NO8PS. The van der Waals surface area contributed by atoms with Crippen molar-refractivity contribution in [3.05, 3.63) is 83.4 Å². The number of rotatable bonds is 12. The molecule has 1 saturated heterocycles. The number of amides is 1. The van der Waals surface area contributed by atoms with Crippen LogP contribution in [0.1, 0.15) is 43.7 Å². The molecule has 3 aromatic carbocycles. The molecule has 44 heavy (non-hydrogen) atoms. The van der Waals surface area contributed by atoms with E-state index in [0.717, 1.165) is 48.3 Å². The Kier molecular flexibility index (Phi) is 10.7. The van der Waals surface area contributed by atoms with Gasteiger partial charge in [-0.3, -0.25) is 9.36 Å². The van der Waals surface area contributed by atoms with Crippen molar-refractivity contribution < 1.29 is 36.3 Å². The lowest BCUT2D eigenvalue weighted by Crippen LogP contribution is -2.16. The molecule has 2 aliphatic heterocycles. The lowest BCUT2D eigenvalue weighted by atomic mass is 10.0. The SMILES string of the molecule is CCCCOCCOc1ccc(-c2ccc3c(c2)C=C(C(=O)Nc2ccc(CP4(=O)OCCCO4)cc2)CCS3(=O)=O)cc1. The second-order valence-corrected chi connectivity index (χ2v) is 14.9. The summed E-state index contributed by atoms with van der Waals surface area (Å²) in [6, 6.07) is 19.8. The van der Waals surface area contributed by atoms with Crippen molar-refractivity contribution in [1.82, 2.24) is 0 Å². The van der Waals surface area contributed by atoms with E-state index in [1.807, 2.05) is 24.3 Å². The number of hydrogen-bond acceptors (Lipinski definition) is 8. The topological polar surface area (TPSA) is 117 Å². The van der Waals surface area contributed by atoms with Gasteiger partial charge < -0.3 is 23.8 Å². The van der Waals surface area contributed by atoms with Gasteiger partial charge in [-0.15, -0.1) is 0 Å². The van der Waals surface area contributed by atoms with Crippen molar-refractivity contribution in [2.75, 3.05) is 44.1 Å². The van der Waals surface area contributed by atoms with Crippen LogP contribution in [-0.4, -0.2) is 53.1 Å². The molecule has 0 atom stereocenters. The van der Waals surface area contributed by atoms with Crippen LogP contribution in [0.4, 0.5) is 5.69 Å². The molecule has 1 fully saturated rings. The molecule has 0 spiro atoms. The van der Waals surface area contributed by atoms with Crippen LogP contribution in [0.25, 0.3) is 17.2 Å². The lowest BCUT2D eigenvalue weighted by molar-refractivity contribution is -0.112. The quantitative estimate of drug-likeness (QED) is 0.168. The Morgan fingerprint density at radius 3 is 2.39 bits per heavy atom. The van der Waals surface area contributed by atoms with Gasteiger partial charge in [-0.05, 0) is 84.0 Å². The van der Waals surface area contributed by atoms with Gasteiger partial charge in [-0.2, -0.15) is 0 Å². The fourth-order valence-corrected chi connectivity index (χ4v) is 8.14. The second kappa shape index (κ2) is 14.7. The number of sulfone groups is 1. The third kappa shape index (κ3) is 8.46. The van der Waals surface area contributed by atoms with Crippen LogP contribution in [-0.2, 0) is 39.1 Å².